The van der Waals surface area contributed by atoms with Gasteiger partial charge in [0.1, 0.15) is 24.0 Å². The maximum Gasteiger partial charge on any atom is 0.232 e. The topological polar surface area (TPSA) is 38.8 Å². The minimum atomic E-state index is -0.256. The molecule has 0 aliphatic carbocycles. The Hall–Kier alpha value is -2.96. The minimum absolute atomic E-state index is 0.120. The van der Waals surface area contributed by atoms with Gasteiger partial charge in [-0.1, -0.05) is 40.2 Å². The molecule has 0 unspecified atom stereocenters. The largest absolute Gasteiger partial charge is 0.478 e. The van der Waals surface area contributed by atoms with Crippen LogP contribution in [0.15, 0.2) is 64.8 Å². The first-order valence-electron chi connectivity index (χ1n) is 9.94. The molecule has 3 aromatic carbocycles. The molecular formula is C25H19BrFNO3. The third-order valence-corrected chi connectivity index (χ3v) is 5.95. The van der Waals surface area contributed by atoms with Gasteiger partial charge in [-0.3, -0.25) is 9.69 Å². The van der Waals surface area contributed by atoms with Crippen molar-refractivity contribution in [1.29, 1.82) is 0 Å². The third-order valence-electron chi connectivity index (χ3n) is 5.45. The van der Waals surface area contributed by atoms with Crippen LogP contribution in [0.3, 0.4) is 0 Å². The number of carbonyl (C=O) groups excluding carboxylic acids is 1. The summed E-state index contributed by atoms with van der Waals surface area (Å²) in [5.74, 6) is 1.24. The Morgan fingerprint density at radius 2 is 1.97 bits per heavy atom. The van der Waals surface area contributed by atoms with E-state index in [4.69, 9.17) is 9.47 Å². The predicted octanol–water partition coefficient (Wildman–Crippen LogP) is 5.86. The maximum atomic E-state index is 13.2. The molecule has 0 fully saturated rings. The zero-order chi connectivity index (χ0) is 21.5. The summed E-state index contributed by atoms with van der Waals surface area (Å²) in [5.41, 5.74) is 4.16. The highest BCUT2D eigenvalue weighted by Crippen LogP contribution is 2.44. The van der Waals surface area contributed by atoms with Crippen molar-refractivity contribution in [2.75, 3.05) is 6.73 Å². The van der Waals surface area contributed by atoms with Crippen LogP contribution >= 0.6 is 15.9 Å². The molecule has 6 heteroatoms. The van der Waals surface area contributed by atoms with Crippen LogP contribution in [0.5, 0.6) is 11.5 Å². The van der Waals surface area contributed by atoms with E-state index < -0.39 is 0 Å². The molecule has 0 spiro atoms. The fourth-order valence-corrected chi connectivity index (χ4v) is 4.39. The smallest absolute Gasteiger partial charge is 0.232 e. The van der Waals surface area contributed by atoms with Crippen LogP contribution in [0.1, 0.15) is 32.6 Å². The van der Waals surface area contributed by atoms with Crippen LogP contribution < -0.4 is 9.47 Å². The zero-order valence-electron chi connectivity index (χ0n) is 16.8. The molecule has 4 nitrogen and oxygen atoms in total. The van der Waals surface area contributed by atoms with Gasteiger partial charge in [-0.15, -0.1) is 0 Å². The Morgan fingerprint density at radius 1 is 1.16 bits per heavy atom. The van der Waals surface area contributed by atoms with Crippen LogP contribution in [0, 0.1) is 12.7 Å². The summed E-state index contributed by atoms with van der Waals surface area (Å²) in [6.45, 7) is 3.50. The van der Waals surface area contributed by atoms with Gasteiger partial charge < -0.3 is 9.47 Å². The van der Waals surface area contributed by atoms with E-state index in [-0.39, 0.29) is 11.6 Å². The summed E-state index contributed by atoms with van der Waals surface area (Å²) in [6, 6.07) is 16.1. The maximum absolute atomic E-state index is 13.2. The van der Waals surface area contributed by atoms with Gasteiger partial charge in [0, 0.05) is 17.6 Å². The summed E-state index contributed by atoms with van der Waals surface area (Å²) in [6.07, 6.45) is 1.76. The molecule has 156 valence electrons. The fraction of sp³-hybridized carbons (Fsp3) is 0.160. The highest BCUT2D eigenvalue weighted by Gasteiger charge is 2.35. The monoisotopic (exact) mass is 479 g/mol. The number of halogens is 2. The second kappa shape index (κ2) is 7.94. The van der Waals surface area contributed by atoms with Crippen molar-refractivity contribution in [3.05, 3.63) is 98.5 Å². The van der Waals surface area contributed by atoms with Crippen LogP contribution in [-0.4, -0.2) is 17.4 Å². The Labute approximate surface area is 188 Å². The number of hydrogen-bond donors (Lipinski definition) is 0. The summed E-state index contributed by atoms with van der Waals surface area (Å²) in [5, 5.41) is 0. The third kappa shape index (κ3) is 3.89. The van der Waals surface area contributed by atoms with Gasteiger partial charge in [0.15, 0.2) is 5.76 Å². The number of rotatable bonds is 3. The number of Topliss-reactive ketones (excluding diaryl/α,β-unsaturated/α-hetero) is 1. The second-order valence-electron chi connectivity index (χ2n) is 7.76. The molecule has 5 rings (SSSR count). The number of aryl methyl sites for hydroxylation is 1. The quantitative estimate of drug-likeness (QED) is 0.440. The van der Waals surface area contributed by atoms with Gasteiger partial charge >= 0.3 is 0 Å². The van der Waals surface area contributed by atoms with Gasteiger partial charge in [-0.05, 0) is 60.0 Å². The van der Waals surface area contributed by atoms with Gasteiger partial charge in [0.05, 0.1) is 11.1 Å². The normalized spacial score (nSPS) is 16.6. The molecule has 2 aliphatic rings. The molecule has 31 heavy (non-hydrogen) atoms. The molecule has 0 saturated carbocycles. The summed E-state index contributed by atoms with van der Waals surface area (Å²) in [7, 11) is 0. The number of fused-ring (bicyclic) bond motifs is 3. The van der Waals surface area contributed by atoms with Crippen LogP contribution in [0.25, 0.3) is 6.08 Å². The SMILES string of the molecule is Cc1cc2c(c3c1C(=O)/C(=C/c1cccc(Br)c1)O3)CN(Cc1ccc(F)cc1)CO2. The van der Waals surface area contributed by atoms with Crippen molar-refractivity contribution in [3.8, 4) is 11.5 Å². The van der Waals surface area contributed by atoms with E-state index in [1.54, 1.807) is 18.2 Å². The first-order chi connectivity index (χ1) is 15.0. The van der Waals surface area contributed by atoms with Crippen LogP contribution in [0.4, 0.5) is 4.39 Å². The first kappa shape index (κ1) is 20.0. The second-order valence-corrected chi connectivity index (χ2v) is 8.67. The average Bonchev–Trinajstić information content (AvgIpc) is 3.07. The summed E-state index contributed by atoms with van der Waals surface area (Å²) >= 11 is 3.46. The van der Waals surface area contributed by atoms with E-state index >= 15 is 0 Å². The lowest BCUT2D eigenvalue weighted by atomic mass is 9.98. The molecule has 0 atom stereocenters. The molecule has 0 N–H and O–H groups in total. The number of ether oxygens (including phenoxy) is 2. The van der Waals surface area contributed by atoms with Gasteiger partial charge in [-0.2, -0.15) is 0 Å². The molecule has 0 amide bonds. The standard InChI is InChI=1S/C25H19BrFNO3/c1-15-9-21-20(13-28(14-30-21)12-16-5-7-19(27)8-6-16)25-23(15)24(29)22(31-25)11-17-3-2-4-18(26)10-17/h2-11H,12-14H2,1H3/b22-11-. The number of benzene rings is 3. The highest BCUT2D eigenvalue weighted by atomic mass is 79.9. The summed E-state index contributed by atoms with van der Waals surface area (Å²) < 4.78 is 26.2. The fourth-order valence-electron chi connectivity index (χ4n) is 3.97. The molecule has 0 bridgehead atoms. The Bertz CT molecular complexity index is 1220. The van der Waals surface area contributed by atoms with E-state index in [1.165, 1.54) is 12.1 Å². The number of ketones is 1. The first-order valence-corrected chi connectivity index (χ1v) is 10.7. The van der Waals surface area contributed by atoms with E-state index in [1.807, 2.05) is 37.3 Å². The van der Waals surface area contributed by atoms with Crippen molar-refractivity contribution in [2.24, 2.45) is 0 Å². The lowest BCUT2D eigenvalue weighted by Crippen LogP contribution is -2.31. The van der Waals surface area contributed by atoms with Gasteiger partial charge in [0.2, 0.25) is 5.78 Å². The van der Waals surface area contributed by atoms with E-state index in [0.29, 0.717) is 36.9 Å². The number of carbonyl (C=O) groups is 1. The highest BCUT2D eigenvalue weighted by molar-refractivity contribution is 9.10. The number of nitrogens with zero attached hydrogens (tertiary/aromatic N) is 1. The zero-order valence-corrected chi connectivity index (χ0v) is 18.4. The molecule has 2 aliphatic heterocycles. The summed E-state index contributed by atoms with van der Waals surface area (Å²) in [4.78, 5) is 15.2. The molecule has 2 heterocycles. The van der Waals surface area contributed by atoms with E-state index in [2.05, 4.69) is 20.8 Å². The van der Waals surface area contributed by atoms with Crippen LogP contribution in [0.2, 0.25) is 0 Å². The Balaban J connectivity index is 1.46. The van der Waals surface area contributed by atoms with Crippen molar-refractivity contribution >= 4 is 27.8 Å². The average molecular weight is 480 g/mol. The molecule has 3 aromatic rings. The Morgan fingerprint density at radius 3 is 2.74 bits per heavy atom. The van der Waals surface area contributed by atoms with Gasteiger partial charge in [-0.25, -0.2) is 4.39 Å². The predicted molar refractivity (Wildman–Crippen MR) is 119 cm³/mol. The van der Waals surface area contributed by atoms with Crippen LogP contribution in [-0.2, 0) is 13.1 Å². The van der Waals surface area contributed by atoms with Crippen molar-refractivity contribution < 1.29 is 18.7 Å². The molecule has 0 radical (unpaired) electrons. The number of allylic oxidation sites excluding steroid dienone is 1. The lowest BCUT2D eigenvalue weighted by molar-refractivity contribution is 0.0872. The van der Waals surface area contributed by atoms with E-state index in [0.717, 1.165) is 32.5 Å². The molecule has 0 aromatic heterocycles. The van der Waals surface area contributed by atoms with Crippen molar-refractivity contribution in [3.63, 3.8) is 0 Å². The molecule has 0 saturated heterocycles. The van der Waals surface area contributed by atoms with Gasteiger partial charge in [0.25, 0.3) is 0 Å². The Kier molecular flexibility index (Phi) is 5.12. The van der Waals surface area contributed by atoms with E-state index in [9.17, 15) is 9.18 Å². The molecular weight excluding hydrogens is 461 g/mol. The minimum Gasteiger partial charge on any atom is -0.478 e. The number of hydrogen-bond acceptors (Lipinski definition) is 4. The van der Waals surface area contributed by atoms with Crippen molar-refractivity contribution in [1.82, 2.24) is 4.90 Å². The van der Waals surface area contributed by atoms with Crippen molar-refractivity contribution in [2.45, 2.75) is 20.0 Å². The lowest BCUT2D eigenvalue weighted by Gasteiger charge is -2.30.